The van der Waals surface area contributed by atoms with E-state index in [2.05, 4.69) is 10.1 Å². The van der Waals surface area contributed by atoms with E-state index in [0.717, 1.165) is 4.68 Å². The van der Waals surface area contributed by atoms with E-state index in [1.807, 2.05) is 0 Å². The van der Waals surface area contributed by atoms with Crippen molar-refractivity contribution in [2.75, 3.05) is 7.11 Å². The largest absolute Gasteiger partial charge is 0.481 e. The van der Waals surface area contributed by atoms with Crippen LogP contribution < -0.4 is 16.0 Å². The third kappa shape index (κ3) is 2.59. The van der Waals surface area contributed by atoms with Gasteiger partial charge in [0.15, 0.2) is 5.82 Å². The molecule has 0 aliphatic carbocycles. The predicted octanol–water partition coefficient (Wildman–Crippen LogP) is 1.31. The van der Waals surface area contributed by atoms with Gasteiger partial charge in [-0.15, -0.1) is 0 Å². The SMILES string of the molecule is COc1cccc(-n2ncc(C(C)N)c(Cl)c2=O)n1. The standard InChI is InChI=1S/C12H13ClN4O2/c1-7(14)8-6-15-17(12(18)11(8)13)9-4-3-5-10(16-9)19-2/h3-7H,14H2,1-2H3. The highest BCUT2D eigenvalue weighted by Crippen LogP contribution is 2.17. The van der Waals surface area contributed by atoms with E-state index in [0.29, 0.717) is 17.3 Å². The van der Waals surface area contributed by atoms with Gasteiger partial charge in [0.05, 0.1) is 13.3 Å². The number of nitrogens with zero attached hydrogens (tertiary/aromatic N) is 3. The minimum absolute atomic E-state index is 0.0506. The van der Waals surface area contributed by atoms with E-state index in [1.165, 1.54) is 13.3 Å². The second-order valence-corrected chi connectivity index (χ2v) is 4.34. The summed E-state index contributed by atoms with van der Waals surface area (Å²) in [6.07, 6.45) is 1.47. The molecule has 0 saturated heterocycles. The lowest BCUT2D eigenvalue weighted by molar-refractivity contribution is 0.397. The molecule has 0 aromatic carbocycles. The van der Waals surface area contributed by atoms with E-state index in [-0.39, 0.29) is 11.1 Å². The van der Waals surface area contributed by atoms with Gasteiger partial charge in [-0.3, -0.25) is 4.79 Å². The summed E-state index contributed by atoms with van der Waals surface area (Å²) in [5.41, 5.74) is 5.75. The number of pyridine rings is 1. The summed E-state index contributed by atoms with van der Waals surface area (Å²) < 4.78 is 6.11. The predicted molar refractivity (Wildman–Crippen MR) is 71.8 cm³/mol. The molecule has 100 valence electrons. The average Bonchev–Trinajstić information content (AvgIpc) is 2.41. The van der Waals surface area contributed by atoms with Crippen molar-refractivity contribution in [2.45, 2.75) is 13.0 Å². The first-order valence-electron chi connectivity index (χ1n) is 5.59. The fourth-order valence-corrected chi connectivity index (χ4v) is 1.86. The smallest absolute Gasteiger partial charge is 0.292 e. The number of hydrogen-bond acceptors (Lipinski definition) is 5. The van der Waals surface area contributed by atoms with Gasteiger partial charge >= 0.3 is 0 Å². The van der Waals surface area contributed by atoms with E-state index in [9.17, 15) is 4.79 Å². The highest BCUT2D eigenvalue weighted by molar-refractivity contribution is 6.31. The normalized spacial score (nSPS) is 12.2. The van der Waals surface area contributed by atoms with Crippen molar-refractivity contribution < 1.29 is 4.74 Å². The van der Waals surface area contributed by atoms with Crippen molar-refractivity contribution >= 4 is 11.6 Å². The number of aromatic nitrogens is 3. The molecule has 2 N–H and O–H groups in total. The van der Waals surface area contributed by atoms with Gasteiger partial charge in [-0.1, -0.05) is 17.7 Å². The zero-order chi connectivity index (χ0) is 14.0. The summed E-state index contributed by atoms with van der Waals surface area (Å²) in [6.45, 7) is 1.73. The Morgan fingerprint density at radius 2 is 2.21 bits per heavy atom. The van der Waals surface area contributed by atoms with Crippen LogP contribution in [0.25, 0.3) is 5.82 Å². The van der Waals surface area contributed by atoms with E-state index in [1.54, 1.807) is 25.1 Å². The molecule has 1 unspecified atom stereocenters. The van der Waals surface area contributed by atoms with Gasteiger partial charge in [0.1, 0.15) is 5.02 Å². The minimum Gasteiger partial charge on any atom is -0.481 e. The Morgan fingerprint density at radius 1 is 1.47 bits per heavy atom. The molecule has 0 radical (unpaired) electrons. The van der Waals surface area contributed by atoms with Gasteiger partial charge in [-0.2, -0.15) is 14.8 Å². The zero-order valence-corrected chi connectivity index (χ0v) is 11.3. The van der Waals surface area contributed by atoms with Crippen molar-refractivity contribution in [3.63, 3.8) is 0 Å². The van der Waals surface area contributed by atoms with Crippen LogP contribution in [0.3, 0.4) is 0 Å². The fourth-order valence-electron chi connectivity index (χ4n) is 1.56. The number of nitrogens with two attached hydrogens (primary N) is 1. The van der Waals surface area contributed by atoms with Crippen LogP contribution in [0.1, 0.15) is 18.5 Å². The molecule has 1 atom stereocenters. The van der Waals surface area contributed by atoms with Gasteiger partial charge in [-0.05, 0) is 13.0 Å². The summed E-state index contributed by atoms with van der Waals surface area (Å²) in [4.78, 5) is 16.3. The first kappa shape index (κ1) is 13.5. The summed E-state index contributed by atoms with van der Waals surface area (Å²) in [7, 11) is 1.49. The van der Waals surface area contributed by atoms with Crippen molar-refractivity contribution in [2.24, 2.45) is 5.73 Å². The number of rotatable bonds is 3. The van der Waals surface area contributed by atoms with Crippen LogP contribution in [0.2, 0.25) is 5.02 Å². The van der Waals surface area contributed by atoms with Crippen LogP contribution in [0.5, 0.6) is 5.88 Å². The number of methoxy groups -OCH3 is 1. The minimum atomic E-state index is -0.461. The van der Waals surface area contributed by atoms with E-state index >= 15 is 0 Å². The van der Waals surface area contributed by atoms with E-state index in [4.69, 9.17) is 22.1 Å². The van der Waals surface area contributed by atoms with Gasteiger partial charge < -0.3 is 10.5 Å². The molecule has 0 aliphatic rings. The molecule has 0 amide bonds. The molecule has 0 bridgehead atoms. The third-order valence-electron chi connectivity index (χ3n) is 2.57. The lowest BCUT2D eigenvalue weighted by Crippen LogP contribution is -2.25. The van der Waals surface area contributed by atoms with Crippen LogP contribution >= 0.6 is 11.6 Å². The molecule has 2 aromatic heterocycles. The first-order valence-corrected chi connectivity index (χ1v) is 5.97. The Hall–Kier alpha value is -1.92. The maximum atomic E-state index is 12.1. The highest BCUT2D eigenvalue weighted by Gasteiger charge is 2.14. The van der Waals surface area contributed by atoms with Gasteiger partial charge in [-0.25, -0.2) is 0 Å². The van der Waals surface area contributed by atoms with Crippen LogP contribution in [-0.2, 0) is 0 Å². The summed E-state index contributed by atoms with van der Waals surface area (Å²) in [5, 5.41) is 4.08. The van der Waals surface area contributed by atoms with Crippen molar-refractivity contribution in [1.82, 2.24) is 14.8 Å². The first-order chi connectivity index (χ1) is 9.04. The monoisotopic (exact) mass is 280 g/mol. The maximum Gasteiger partial charge on any atom is 0.292 e. The number of hydrogen-bond donors (Lipinski definition) is 1. The van der Waals surface area contributed by atoms with E-state index < -0.39 is 5.56 Å². The molecule has 2 rings (SSSR count). The Bertz CT molecular complexity index is 654. The molecule has 19 heavy (non-hydrogen) atoms. The molecular formula is C12H13ClN4O2. The molecule has 2 heterocycles. The Labute approximate surface area is 114 Å². The van der Waals surface area contributed by atoms with Crippen LogP contribution in [0.4, 0.5) is 0 Å². The molecule has 0 saturated carbocycles. The van der Waals surface area contributed by atoms with Crippen LogP contribution in [0.15, 0.2) is 29.2 Å². The molecule has 0 fully saturated rings. The lowest BCUT2D eigenvalue weighted by atomic mass is 10.2. The van der Waals surface area contributed by atoms with Crippen LogP contribution in [-0.4, -0.2) is 21.9 Å². The fraction of sp³-hybridized carbons (Fsp3) is 0.250. The number of ether oxygens (including phenoxy) is 1. The molecular weight excluding hydrogens is 268 g/mol. The summed E-state index contributed by atoms with van der Waals surface area (Å²) in [5.74, 6) is 0.723. The second-order valence-electron chi connectivity index (χ2n) is 3.96. The zero-order valence-electron chi connectivity index (χ0n) is 10.5. The van der Waals surface area contributed by atoms with Crippen molar-refractivity contribution in [1.29, 1.82) is 0 Å². The number of halogens is 1. The summed E-state index contributed by atoms with van der Waals surface area (Å²) >= 11 is 6.00. The molecule has 7 heteroatoms. The maximum absolute atomic E-state index is 12.1. The van der Waals surface area contributed by atoms with Gasteiger partial charge in [0, 0.05) is 17.7 Å². The second kappa shape index (κ2) is 5.38. The molecule has 2 aromatic rings. The Morgan fingerprint density at radius 3 is 2.84 bits per heavy atom. The lowest BCUT2D eigenvalue weighted by Gasteiger charge is -2.10. The van der Waals surface area contributed by atoms with Crippen molar-refractivity contribution in [3.05, 3.63) is 45.3 Å². The van der Waals surface area contributed by atoms with Gasteiger partial charge in [0.25, 0.3) is 5.56 Å². The topological polar surface area (TPSA) is 83.0 Å². The summed E-state index contributed by atoms with van der Waals surface area (Å²) in [6, 6.07) is 4.66. The average molecular weight is 281 g/mol. The quantitative estimate of drug-likeness (QED) is 0.916. The Kier molecular flexibility index (Phi) is 3.82. The molecule has 6 nitrogen and oxygen atoms in total. The van der Waals surface area contributed by atoms with Crippen LogP contribution in [0, 0.1) is 0 Å². The Balaban J connectivity index is 2.57. The third-order valence-corrected chi connectivity index (χ3v) is 2.95. The highest BCUT2D eigenvalue weighted by atomic mass is 35.5. The van der Waals surface area contributed by atoms with Gasteiger partial charge in [0.2, 0.25) is 5.88 Å². The van der Waals surface area contributed by atoms with Crippen molar-refractivity contribution in [3.8, 4) is 11.7 Å². The molecule has 0 spiro atoms. The molecule has 0 aliphatic heterocycles.